The van der Waals surface area contributed by atoms with Crippen molar-refractivity contribution >= 4 is 11.9 Å². The number of carbonyl (C=O) groups excluding carboxylic acids is 2. The SMILES string of the molecule is CCCCCCCC/C=C\CCCCCCCCCCCC(=O)OCCCCCCCCCCCCCC/C=C\CCCCCCCCCCCCCCCCCCCC(=O)NC(CO)C(O)CCCCCCCCCCCCCCCCCCCC. The van der Waals surface area contributed by atoms with E-state index in [0.717, 1.165) is 38.5 Å². The first-order chi connectivity index (χ1) is 43.0. The van der Waals surface area contributed by atoms with E-state index in [0.29, 0.717) is 25.9 Å². The Hall–Kier alpha value is -1.66. The lowest BCUT2D eigenvalue weighted by molar-refractivity contribution is -0.143. The molecule has 0 fully saturated rings. The zero-order valence-corrected chi connectivity index (χ0v) is 59.3. The summed E-state index contributed by atoms with van der Waals surface area (Å²) >= 11 is 0. The zero-order chi connectivity index (χ0) is 62.8. The molecule has 2 unspecified atom stereocenters. The molecule has 0 heterocycles. The number of rotatable bonds is 76. The van der Waals surface area contributed by atoms with Crippen LogP contribution in [0.3, 0.4) is 0 Å². The fraction of sp³-hybridized carbons (Fsp3) is 0.926. The summed E-state index contributed by atoms with van der Waals surface area (Å²) in [6, 6.07) is -0.539. The minimum Gasteiger partial charge on any atom is -0.466 e. The lowest BCUT2D eigenvalue weighted by atomic mass is 10.0. The molecule has 6 heteroatoms. The third kappa shape index (κ3) is 73.3. The van der Waals surface area contributed by atoms with Gasteiger partial charge in [-0.05, 0) is 77.0 Å². The van der Waals surface area contributed by atoms with Crippen LogP contribution in [0.25, 0.3) is 0 Å². The van der Waals surface area contributed by atoms with Crippen LogP contribution in [0.2, 0.25) is 0 Å². The highest BCUT2D eigenvalue weighted by Crippen LogP contribution is 2.20. The second-order valence-corrected chi connectivity index (χ2v) is 27.7. The molecule has 0 aliphatic rings. The van der Waals surface area contributed by atoms with Gasteiger partial charge in [-0.1, -0.05) is 391 Å². The van der Waals surface area contributed by atoms with Gasteiger partial charge in [-0.15, -0.1) is 0 Å². The molecule has 0 aromatic heterocycles. The molecular formula is C81H157NO5. The first kappa shape index (κ1) is 85.3. The summed E-state index contributed by atoms with van der Waals surface area (Å²) in [5, 5.41) is 23.4. The number of aliphatic hydroxyl groups excluding tert-OH is 2. The zero-order valence-electron chi connectivity index (χ0n) is 59.3. The maximum Gasteiger partial charge on any atom is 0.305 e. The molecule has 0 radical (unpaired) electrons. The van der Waals surface area contributed by atoms with Crippen molar-refractivity contribution in [3.63, 3.8) is 0 Å². The highest BCUT2D eigenvalue weighted by atomic mass is 16.5. The van der Waals surface area contributed by atoms with Gasteiger partial charge in [0.1, 0.15) is 0 Å². The van der Waals surface area contributed by atoms with Crippen LogP contribution >= 0.6 is 0 Å². The molecule has 0 aromatic carbocycles. The van der Waals surface area contributed by atoms with E-state index in [4.69, 9.17) is 4.74 Å². The molecule has 6 nitrogen and oxygen atoms in total. The number of esters is 1. The van der Waals surface area contributed by atoms with Crippen LogP contribution in [-0.4, -0.2) is 47.4 Å². The number of ether oxygens (including phenoxy) is 1. The first-order valence-electron chi connectivity index (χ1n) is 40.1. The Labute approximate surface area is 545 Å². The molecule has 0 saturated heterocycles. The van der Waals surface area contributed by atoms with Gasteiger partial charge in [-0.25, -0.2) is 0 Å². The second-order valence-electron chi connectivity index (χ2n) is 27.7. The number of allylic oxidation sites excluding steroid dienone is 4. The Morgan fingerprint density at radius 2 is 0.540 bits per heavy atom. The average molecular weight is 1230 g/mol. The molecule has 0 aliphatic heterocycles. The third-order valence-electron chi connectivity index (χ3n) is 19.0. The molecule has 2 atom stereocenters. The predicted molar refractivity (Wildman–Crippen MR) is 384 cm³/mol. The fourth-order valence-corrected chi connectivity index (χ4v) is 12.9. The first-order valence-corrected chi connectivity index (χ1v) is 40.1. The number of amides is 1. The summed E-state index contributed by atoms with van der Waals surface area (Å²) in [6.45, 7) is 5.00. The summed E-state index contributed by atoms with van der Waals surface area (Å²) in [4.78, 5) is 24.7. The van der Waals surface area contributed by atoms with Gasteiger partial charge in [-0.2, -0.15) is 0 Å². The Balaban J connectivity index is 3.33. The third-order valence-corrected chi connectivity index (χ3v) is 19.0. The van der Waals surface area contributed by atoms with Gasteiger partial charge in [0.05, 0.1) is 25.4 Å². The molecular weight excluding hydrogens is 1070 g/mol. The van der Waals surface area contributed by atoms with E-state index in [1.54, 1.807) is 0 Å². The average Bonchev–Trinajstić information content (AvgIpc) is 3.59. The smallest absolute Gasteiger partial charge is 0.305 e. The normalized spacial score (nSPS) is 12.6. The summed E-state index contributed by atoms with van der Waals surface area (Å²) < 4.78 is 5.52. The fourth-order valence-electron chi connectivity index (χ4n) is 12.9. The lowest BCUT2D eigenvalue weighted by Crippen LogP contribution is -2.45. The van der Waals surface area contributed by atoms with Crippen LogP contribution in [0.4, 0.5) is 0 Å². The Morgan fingerprint density at radius 1 is 0.310 bits per heavy atom. The quantitative estimate of drug-likeness (QED) is 0.0320. The maximum atomic E-state index is 12.5. The van der Waals surface area contributed by atoms with Crippen molar-refractivity contribution in [3.8, 4) is 0 Å². The number of carbonyl (C=O) groups is 2. The summed E-state index contributed by atoms with van der Waals surface area (Å²) in [6.07, 6.45) is 98.4. The van der Waals surface area contributed by atoms with E-state index in [1.165, 1.54) is 385 Å². The monoisotopic (exact) mass is 1220 g/mol. The van der Waals surface area contributed by atoms with Gasteiger partial charge in [0, 0.05) is 12.8 Å². The van der Waals surface area contributed by atoms with Crippen molar-refractivity contribution in [3.05, 3.63) is 24.3 Å². The van der Waals surface area contributed by atoms with Gasteiger partial charge in [0.25, 0.3) is 0 Å². The van der Waals surface area contributed by atoms with E-state index in [1.807, 2.05) is 0 Å². The molecule has 0 bridgehead atoms. The minimum absolute atomic E-state index is 0.0194. The molecule has 3 N–H and O–H groups in total. The largest absolute Gasteiger partial charge is 0.466 e. The van der Waals surface area contributed by atoms with Gasteiger partial charge < -0.3 is 20.3 Å². The van der Waals surface area contributed by atoms with Crippen molar-refractivity contribution in [2.45, 2.75) is 469 Å². The van der Waals surface area contributed by atoms with E-state index in [-0.39, 0.29) is 18.5 Å². The summed E-state index contributed by atoms with van der Waals surface area (Å²) in [5.74, 6) is -0.00790. The molecule has 0 rings (SSSR count). The van der Waals surface area contributed by atoms with Crippen LogP contribution in [0.15, 0.2) is 24.3 Å². The summed E-state index contributed by atoms with van der Waals surface area (Å²) in [7, 11) is 0. The number of hydrogen-bond acceptors (Lipinski definition) is 5. The highest BCUT2D eigenvalue weighted by molar-refractivity contribution is 5.76. The topological polar surface area (TPSA) is 95.9 Å². The maximum absolute atomic E-state index is 12.5. The number of hydrogen-bond donors (Lipinski definition) is 3. The Bertz CT molecular complexity index is 1360. The summed E-state index contributed by atoms with van der Waals surface area (Å²) in [5.41, 5.74) is 0. The lowest BCUT2D eigenvalue weighted by Gasteiger charge is -2.22. The van der Waals surface area contributed by atoms with Gasteiger partial charge in [0.15, 0.2) is 0 Å². The molecule has 0 saturated carbocycles. The van der Waals surface area contributed by atoms with Crippen molar-refractivity contribution in [1.82, 2.24) is 5.32 Å². The minimum atomic E-state index is -0.662. The Morgan fingerprint density at radius 3 is 0.816 bits per heavy atom. The molecule has 1 amide bonds. The van der Waals surface area contributed by atoms with E-state index >= 15 is 0 Å². The van der Waals surface area contributed by atoms with Crippen molar-refractivity contribution in [2.75, 3.05) is 13.2 Å². The van der Waals surface area contributed by atoms with Crippen molar-refractivity contribution in [1.29, 1.82) is 0 Å². The molecule has 0 aromatic rings. The van der Waals surface area contributed by atoms with Crippen LogP contribution in [0.5, 0.6) is 0 Å². The van der Waals surface area contributed by atoms with Gasteiger partial charge in [-0.3, -0.25) is 9.59 Å². The Kier molecular flexibility index (Phi) is 75.3. The molecule has 0 aliphatic carbocycles. The number of aliphatic hydroxyl groups is 2. The van der Waals surface area contributed by atoms with Gasteiger partial charge in [0.2, 0.25) is 5.91 Å². The molecule has 87 heavy (non-hydrogen) atoms. The number of nitrogens with one attached hydrogen (secondary N) is 1. The van der Waals surface area contributed by atoms with Crippen LogP contribution in [0.1, 0.15) is 457 Å². The number of unbranched alkanes of at least 4 members (excludes halogenated alkanes) is 61. The van der Waals surface area contributed by atoms with Crippen LogP contribution < -0.4 is 5.32 Å². The van der Waals surface area contributed by atoms with Crippen molar-refractivity contribution in [2.24, 2.45) is 0 Å². The standard InChI is InChI=1S/C81H157NO5/c1-3-5-7-9-11-13-15-17-19-21-38-43-47-51-55-59-63-67-71-75-81(86)87-76-72-68-64-60-56-52-48-44-40-37-35-33-31-29-27-25-23-24-26-28-30-32-34-36-39-42-46-50-54-58-62-66-70-74-80(85)82-78(77-83)79(84)73-69-65-61-57-53-49-45-41-22-20-18-16-14-12-10-8-6-4-2/h17,19,27,29,78-79,83-84H,3-16,18,20-26,28,30-77H2,1-2H3,(H,82,85)/b19-17-,29-27-. The van der Waals surface area contributed by atoms with Gasteiger partial charge >= 0.3 is 5.97 Å². The molecule has 0 spiro atoms. The highest BCUT2D eigenvalue weighted by Gasteiger charge is 2.20. The molecule has 516 valence electrons. The van der Waals surface area contributed by atoms with E-state index in [2.05, 4.69) is 43.5 Å². The second kappa shape index (κ2) is 76.8. The van der Waals surface area contributed by atoms with E-state index in [9.17, 15) is 19.8 Å². The van der Waals surface area contributed by atoms with Crippen molar-refractivity contribution < 1.29 is 24.5 Å². The van der Waals surface area contributed by atoms with E-state index < -0.39 is 12.1 Å². The van der Waals surface area contributed by atoms with Crippen LogP contribution in [-0.2, 0) is 14.3 Å². The predicted octanol–water partition coefficient (Wildman–Crippen LogP) is 26.4. The van der Waals surface area contributed by atoms with Crippen LogP contribution in [0, 0.1) is 0 Å².